The van der Waals surface area contributed by atoms with Crippen LogP contribution in [0.1, 0.15) is 18.1 Å². The molecule has 0 unspecified atom stereocenters. The molecule has 0 bridgehead atoms. The van der Waals surface area contributed by atoms with Crippen molar-refractivity contribution in [2.24, 2.45) is 0 Å². The molecule has 0 spiro atoms. The third-order valence-corrected chi connectivity index (χ3v) is 5.37. The quantitative estimate of drug-likeness (QED) is 0.443. The van der Waals surface area contributed by atoms with Crippen molar-refractivity contribution in [1.82, 2.24) is 20.2 Å². The zero-order valence-electron chi connectivity index (χ0n) is 15.7. The van der Waals surface area contributed by atoms with Crippen LogP contribution in [0.4, 0.5) is 18.9 Å². The first-order valence-corrected chi connectivity index (χ1v) is 10.1. The summed E-state index contributed by atoms with van der Waals surface area (Å²) in [6, 6.07) is 10.7. The summed E-state index contributed by atoms with van der Waals surface area (Å²) in [5, 5.41) is 11.7. The number of aryl methyl sites for hydroxylation is 1. The van der Waals surface area contributed by atoms with Crippen molar-refractivity contribution in [3.63, 3.8) is 0 Å². The molecule has 2 aromatic carbocycles. The lowest BCUT2D eigenvalue weighted by Crippen LogP contribution is -2.18. The second-order valence-corrected chi connectivity index (χ2v) is 7.43. The maximum absolute atomic E-state index is 13.1. The van der Waals surface area contributed by atoms with Crippen LogP contribution in [0.15, 0.2) is 47.6 Å². The monoisotopic (exact) mass is 431 g/mol. The van der Waals surface area contributed by atoms with E-state index in [1.807, 2.05) is 18.2 Å². The maximum atomic E-state index is 13.1. The maximum Gasteiger partial charge on any atom is 0.418 e. The molecule has 154 valence electrons. The van der Waals surface area contributed by atoms with Gasteiger partial charge in [0.1, 0.15) is 5.52 Å². The van der Waals surface area contributed by atoms with Gasteiger partial charge < -0.3 is 10.3 Å². The van der Waals surface area contributed by atoms with Gasteiger partial charge in [-0.1, -0.05) is 49.0 Å². The van der Waals surface area contributed by atoms with Crippen LogP contribution in [-0.4, -0.2) is 31.8 Å². The van der Waals surface area contributed by atoms with E-state index in [9.17, 15) is 18.0 Å². The van der Waals surface area contributed by atoms with E-state index in [1.54, 1.807) is 0 Å². The number of aromatic nitrogens is 4. The Labute approximate surface area is 173 Å². The number of nitrogens with one attached hydrogen (secondary N) is 2. The van der Waals surface area contributed by atoms with Gasteiger partial charge >= 0.3 is 6.18 Å². The van der Waals surface area contributed by atoms with Gasteiger partial charge in [-0.2, -0.15) is 13.2 Å². The molecule has 0 radical (unpaired) electrons. The van der Waals surface area contributed by atoms with E-state index in [-0.39, 0.29) is 16.6 Å². The molecule has 0 saturated heterocycles. The molecule has 6 nitrogen and oxygen atoms in total. The number of alkyl halides is 3. The molecule has 2 N–H and O–H groups in total. The standard InChI is InChI=1S/C20H16F3N5OS/c1-2-11-6-5-7-12-16(11)25-18-17(12)27-28-19(26-18)30-10-15(29)24-14-9-4-3-8-13(14)20(21,22)23/h3-9H,2,10H2,1H3,(H,24,29)(H,25,26,28). The summed E-state index contributed by atoms with van der Waals surface area (Å²) in [6.07, 6.45) is -3.71. The third-order valence-electron chi connectivity index (χ3n) is 4.54. The molecule has 0 fully saturated rings. The van der Waals surface area contributed by atoms with Crippen molar-refractivity contribution in [3.05, 3.63) is 53.6 Å². The van der Waals surface area contributed by atoms with E-state index in [0.29, 0.717) is 11.2 Å². The number of aromatic amines is 1. The fraction of sp³-hybridized carbons (Fsp3) is 0.200. The minimum absolute atomic E-state index is 0.153. The largest absolute Gasteiger partial charge is 0.418 e. The Morgan fingerprint density at radius 3 is 2.70 bits per heavy atom. The van der Waals surface area contributed by atoms with E-state index in [0.717, 1.165) is 40.7 Å². The molecule has 4 aromatic rings. The molecular formula is C20H16F3N5OS. The lowest BCUT2D eigenvalue weighted by molar-refractivity contribution is -0.137. The molecule has 2 heterocycles. The zero-order chi connectivity index (χ0) is 21.3. The number of carbonyl (C=O) groups excluding carboxylic acids is 1. The average molecular weight is 431 g/mol. The number of benzene rings is 2. The molecule has 10 heteroatoms. The van der Waals surface area contributed by atoms with Crippen LogP contribution < -0.4 is 5.32 Å². The van der Waals surface area contributed by atoms with Crippen LogP contribution in [0.5, 0.6) is 0 Å². The average Bonchev–Trinajstić information content (AvgIpc) is 3.10. The summed E-state index contributed by atoms with van der Waals surface area (Å²) in [5.41, 5.74) is 2.07. The zero-order valence-corrected chi connectivity index (χ0v) is 16.6. The number of rotatable bonds is 5. The summed E-state index contributed by atoms with van der Waals surface area (Å²) in [7, 11) is 0. The van der Waals surface area contributed by atoms with Crippen LogP contribution in [0, 0.1) is 0 Å². The van der Waals surface area contributed by atoms with E-state index < -0.39 is 17.6 Å². The summed E-state index contributed by atoms with van der Waals surface area (Å²) < 4.78 is 39.2. The summed E-state index contributed by atoms with van der Waals surface area (Å²) >= 11 is 0.998. The normalized spacial score (nSPS) is 11.9. The Morgan fingerprint density at radius 2 is 1.93 bits per heavy atom. The summed E-state index contributed by atoms with van der Waals surface area (Å²) in [4.78, 5) is 19.8. The van der Waals surface area contributed by atoms with Gasteiger partial charge in [-0.15, -0.1) is 10.2 Å². The van der Waals surface area contributed by atoms with Crippen molar-refractivity contribution in [2.45, 2.75) is 24.7 Å². The van der Waals surface area contributed by atoms with Gasteiger partial charge in [0.25, 0.3) is 0 Å². The van der Waals surface area contributed by atoms with Crippen LogP contribution in [0.25, 0.3) is 22.1 Å². The Kier molecular flexibility index (Phi) is 5.33. The predicted octanol–water partition coefficient (Wildman–Crippen LogP) is 4.82. The van der Waals surface area contributed by atoms with Crippen molar-refractivity contribution in [1.29, 1.82) is 0 Å². The Hall–Kier alpha value is -3.14. The first-order chi connectivity index (χ1) is 14.4. The van der Waals surface area contributed by atoms with Gasteiger partial charge in [0.15, 0.2) is 5.65 Å². The molecule has 0 saturated carbocycles. The Bertz CT molecular complexity index is 1240. The Balaban J connectivity index is 1.50. The number of halogens is 3. The highest BCUT2D eigenvalue weighted by Crippen LogP contribution is 2.34. The number of anilines is 1. The van der Waals surface area contributed by atoms with Crippen LogP contribution in [-0.2, 0) is 17.4 Å². The number of thioether (sulfide) groups is 1. The van der Waals surface area contributed by atoms with Gasteiger partial charge in [0.2, 0.25) is 11.1 Å². The first-order valence-electron chi connectivity index (χ1n) is 9.09. The van der Waals surface area contributed by atoms with Crippen LogP contribution in [0.2, 0.25) is 0 Å². The number of hydrogen-bond donors (Lipinski definition) is 2. The number of hydrogen-bond acceptors (Lipinski definition) is 5. The Morgan fingerprint density at radius 1 is 1.13 bits per heavy atom. The number of fused-ring (bicyclic) bond motifs is 3. The third kappa shape index (κ3) is 3.95. The van der Waals surface area contributed by atoms with Crippen molar-refractivity contribution >= 4 is 45.4 Å². The van der Waals surface area contributed by atoms with Crippen molar-refractivity contribution in [2.75, 3.05) is 11.1 Å². The first kappa shape index (κ1) is 20.1. The van der Waals surface area contributed by atoms with E-state index in [4.69, 9.17) is 0 Å². The number of para-hydroxylation sites is 2. The highest BCUT2D eigenvalue weighted by Gasteiger charge is 2.33. The molecular weight excluding hydrogens is 415 g/mol. The van der Waals surface area contributed by atoms with Crippen LogP contribution >= 0.6 is 11.8 Å². The SMILES string of the molecule is CCc1cccc2c1[nH]c1nc(SCC(=O)Nc3ccccc3C(F)(F)F)nnc12. The van der Waals surface area contributed by atoms with Gasteiger partial charge in [0, 0.05) is 5.39 Å². The topological polar surface area (TPSA) is 83.6 Å². The van der Waals surface area contributed by atoms with Gasteiger partial charge in [-0.05, 0) is 24.1 Å². The fourth-order valence-electron chi connectivity index (χ4n) is 3.15. The van der Waals surface area contributed by atoms with E-state index in [1.165, 1.54) is 18.2 Å². The lowest BCUT2D eigenvalue weighted by Gasteiger charge is -2.13. The minimum atomic E-state index is -4.55. The molecule has 0 aliphatic rings. The second kappa shape index (κ2) is 7.94. The molecule has 1 amide bonds. The highest BCUT2D eigenvalue weighted by atomic mass is 32.2. The van der Waals surface area contributed by atoms with E-state index >= 15 is 0 Å². The number of nitrogens with zero attached hydrogens (tertiary/aromatic N) is 3. The fourth-order valence-corrected chi connectivity index (χ4v) is 3.74. The molecule has 4 rings (SSSR count). The van der Waals surface area contributed by atoms with E-state index in [2.05, 4.69) is 32.4 Å². The smallest absolute Gasteiger partial charge is 0.337 e. The minimum Gasteiger partial charge on any atom is -0.337 e. The summed E-state index contributed by atoms with van der Waals surface area (Å²) in [5.74, 6) is -0.745. The second-order valence-electron chi connectivity index (χ2n) is 6.49. The molecule has 2 aromatic heterocycles. The van der Waals surface area contributed by atoms with Crippen molar-refractivity contribution in [3.8, 4) is 0 Å². The lowest BCUT2D eigenvalue weighted by atomic mass is 10.1. The molecule has 0 aliphatic heterocycles. The molecule has 30 heavy (non-hydrogen) atoms. The molecule has 0 atom stereocenters. The number of amides is 1. The number of carbonyl (C=O) groups is 1. The number of H-pyrrole nitrogens is 1. The van der Waals surface area contributed by atoms with Gasteiger partial charge in [0.05, 0.1) is 22.5 Å². The van der Waals surface area contributed by atoms with Crippen molar-refractivity contribution < 1.29 is 18.0 Å². The molecule has 0 aliphatic carbocycles. The van der Waals surface area contributed by atoms with Gasteiger partial charge in [-0.25, -0.2) is 4.98 Å². The van der Waals surface area contributed by atoms with Gasteiger partial charge in [-0.3, -0.25) is 4.79 Å². The predicted molar refractivity (Wildman–Crippen MR) is 109 cm³/mol. The van der Waals surface area contributed by atoms with Crippen LogP contribution in [0.3, 0.4) is 0 Å². The highest BCUT2D eigenvalue weighted by molar-refractivity contribution is 7.99. The summed E-state index contributed by atoms with van der Waals surface area (Å²) in [6.45, 7) is 2.05.